The monoisotopic (exact) mass is 196 g/mol. The van der Waals surface area contributed by atoms with Gasteiger partial charge in [0.15, 0.2) is 0 Å². The highest BCUT2D eigenvalue weighted by Gasteiger charge is 2.03. The maximum absolute atomic E-state index is 10.4. The molecular weight excluding hydrogens is 184 g/mol. The molecule has 1 aromatic heterocycles. The van der Waals surface area contributed by atoms with Crippen LogP contribution in [0.2, 0.25) is 0 Å². The molecule has 2 N–H and O–H groups in total. The zero-order chi connectivity index (χ0) is 10.7. The van der Waals surface area contributed by atoms with E-state index >= 15 is 0 Å². The molecule has 0 radical (unpaired) electrons. The molecule has 1 rings (SSSR count). The summed E-state index contributed by atoms with van der Waals surface area (Å²) in [4.78, 5) is 12.2. The second kappa shape index (κ2) is 3.91. The van der Waals surface area contributed by atoms with Gasteiger partial charge in [0.2, 0.25) is 0 Å². The van der Waals surface area contributed by atoms with Crippen LogP contribution in [0.1, 0.15) is 0 Å². The summed E-state index contributed by atoms with van der Waals surface area (Å²) in [5, 5.41) is 20.0. The maximum Gasteiger partial charge on any atom is 0.325 e. The van der Waals surface area contributed by atoms with Crippen LogP contribution in [0.5, 0.6) is 0 Å². The molecule has 14 heavy (non-hydrogen) atoms. The topological polar surface area (TPSA) is 82.2 Å². The molecule has 0 bridgehead atoms. The third-order valence-electron chi connectivity index (χ3n) is 1.63. The van der Waals surface area contributed by atoms with Gasteiger partial charge in [-0.2, -0.15) is 5.10 Å². The predicted octanol–water partition coefficient (Wildman–Crippen LogP) is -0.487. The smallest absolute Gasteiger partial charge is 0.325 e. The summed E-state index contributed by atoms with van der Waals surface area (Å²) < 4.78 is 1.14. The van der Waals surface area contributed by atoms with Crippen LogP contribution in [-0.2, 0) is 11.3 Å². The molecule has 0 aliphatic carbocycles. The molecule has 0 aliphatic heterocycles. The van der Waals surface area contributed by atoms with E-state index in [1.165, 1.54) is 6.07 Å². The number of aromatic nitrogens is 2. The van der Waals surface area contributed by atoms with E-state index in [9.17, 15) is 4.79 Å². The fourth-order valence-electron chi connectivity index (χ4n) is 0.938. The summed E-state index contributed by atoms with van der Waals surface area (Å²) in [5.41, 5.74) is 0.0815. The second-order valence-electron chi connectivity index (χ2n) is 3.02. The summed E-state index contributed by atoms with van der Waals surface area (Å²) in [6.45, 7) is -0.291. The van der Waals surface area contributed by atoms with Crippen molar-refractivity contribution in [1.82, 2.24) is 9.78 Å². The zero-order valence-electron chi connectivity index (χ0n) is 8.06. The van der Waals surface area contributed by atoms with Gasteiger partial charge < -0.3 is 10.0 Å². The van der Waals surface area contributed by atoms with E-state index in [-0.39, 0.29) is 12.0 Å². The second-order valence-corrected chi connectivity index (χ2v) is 3.02. The van der Waals surface area contributed by atoms with Crippen LogP contribution in [0.25, 0.3) is 0 Å². The van der Waals surface area contributed by atoms with Gasteiger partial charge in [-0.25, -0.2) is 4.68 Å². The first-order chi connectivity index (χ1) is 6.50. The first-order valence-electron chi connectivity index (χ1n) is 4.02. The summed E-state index contributed by atoms with van der Waals surface area (Å²) in [6, 6.07) is 3.19. The van der Waals surface area contributed by atoms with Crippen molar-refractivity contribution in [2.45, 2.75) is 6.54 Å². The van der Waals surface area contributed by atoms with Gasteiger partial charge in [-0.15, -0.1) is 0 Å². The van der Waals surface area contributed by atoms with Gasteiger partial charge >= 0.3 is 5.97 Å². The summed E-state index contributed by atoms with van der Waals surface area (Å²) in [6.07, 6.45) is 0. The molecule has 0 unspecified atom stereocenters. The maximum atomic E-state index is 10.4. The Kier molecular flexibility index (Phi) is 2.85. The van der Waals surface area contributed by atoms with Gasteiger partial charge in [0.25, 0.3) is 0 Å². The minimum absolute atomic E-state index is 0.0815. The number of carboxylic acids is 1. The molecule has 0 atom stereocenters. The Morgan fingerprint density at radius 3 is 2.79 bits per heavy atom. The van der Waals surface area contributed by atoms with Crippen LogP contribution in [0.4, 0.5) is 5.82 Å². The molecule has 6 heteroatoms. The predicted molar refractivity (Wildman–Crippen MR) is 50.0 cm³/mol. The van der Waals surface area contributed by atoms with E-state index in [1.807, 2.05) is 0 Å². The molecule has 0 saturated heterocycles. The SMILES string of the molecule is CN(C)c1ccc(=N)n(CC(=O)O)n1. The van der Waals surface area contributed by atoms with Gasteiger partial charge in [0.1, 0.15) is 17.9 Å². The molecule has 0 aliphatic rings. The van der Waals surface area contributed by atoms with Gasteiger partial charge in [-0.1, -0.05) is 0 Å². The van der Waals surface area contributed by atoms with E-state index < -0.39 is 5.97 Å². The first kappa shape index (κ1) is 10.2. The van der Waals surface area contributed by atoms with Crippen molar-refractivity contribution in [2.75, 3.05) is 19.0 Å². The Morgan fingerprint density at radius 2 is 2.29 bits per heavy atom. The average Bonchev–Trinajstić information content (AvgIpc) is 2.07. The molecule has 6 nitrogen and oxygen atoms in total. The highest BCUT2D eigenvalue weighted by Crippen LogP contribution is 2.01. The Hall–Kier alpha value is -1.85. The third-order valence-corrected chi connectivity index (χ3v) is 1.63. The lowest BCUT2D eigenvalue weighted by atomic mass is 10.5. The van der Waals surface area contributed by atoms with Crippen LogP contribution in [0, 0.1) is 5.41 Å². The minimum Gasteiger partial charge on any atom is -0.480 e. The number of rotatable bonds is 3. The molecule has 76 valence electrons. The molecule has 0 amide bonds. The number of carboxylic acid groups (broad SMARTS) is 1. The van der Waals surface area contributed by atoms with E-state index in [4.69, 9.17) is 10.5 Å². The number of hydrogen-bond donors (Lipinski definition) is 2. The molecule has 0 saturated carbocycles. The highest BCUT2D eigenvalue weighted by molar-refractivity contribution is 5.66. The third kappa shape index (κ3) is 2.32. The van der Waals surface area contributed by atoms with Crippen LogP contribution < -0.4 is 10.4 Å². The lowest BCUT2D eigenvalue weighted by Crippen LogP contribution is -2.28. The van der Waals surface area contributed by atoms with Crippen molar-refractivity contribution in [3.63, 3.8) is 0 Å². The zero-order valence-corrected chi connectivity index (χ0v) is 8.06. The van der Waals surface area contributed by atoms with Crippen molar-refractivity contribution >= 4 is 11.8 Å². The fourth-order valence-corrected chi connectivity index (χ4v) is 0.938. The summed E-state index contributed by atoms with van der Waals surface area (Å²) >= 11 is 0. The van der Waals surface area contributed by atoms with Crippen molar-refractivity contribution < 1.29 is 9.90 Å². The number of aliphatic carboxylic acids is 1. The highest BCUT2D eigenvalue weighted by atomic mass is 16.4. The number of anilines is 1. The normalized spacial score (nSPS) is 9.86. The number of nitrogens with zero attached hydrogens (tertiary/aromatic N) is 3. The van der Waals surface area contributed by atoms with Gasteiger partial charge in [-0.05, 0) is 12.1 Å². The van der Waals surface area contributed by atoms with E-state index in [1.54, 1.807) is 25.1 Å². The molecular formula is C8H12N4O2. The van der Waals surface area contributed by atoms with Crippen LogP contribution in [0.15, 0.2) is 12.1 Å². The molecule has 0 aromatic carbocycles. The summed E-state index contributed by atoms with van der Waals surface area (Å²) in [5.74, 6) is -0.380. The first-order valence-corrected chi connectivity index (χ1v) is 4.02. The Morgan fingerprint density at radius 1 is 1.64 bits per heavy atom. The largest absolute Gasteiger partial charge is 0.480 e. The summed E-state index contributed by atoms with van der Waals surface area (Å²) in [7, 11) is 3.61. The molecule has 0 spiro atoms. The van der Waals surface area contributed by atoms with E-state index in [0.29, 0.717) is 5.82 Å². The Balaban J connectivity index is 3.08. The van der Waals surface area contributed by atoms with Gasteiger partial charge in [0.05, 0.1) is 0 Å². The van der Waals surface area contributed by atoms with Crippen LogP contribution >= 0.6 is 0 Å². The molecule has 1 heterocycles. The van der Waals surface area contributed by atoms with Crippen LogP contribution in [0.3, 0.4) is 0 Å². The quantitative estimate of drug-likeness (QED) is 0.683. The standard InChI is InChI=1S/C8H12N4O2/c1-11(2)7-4-3-6(9)12(10-7)5-8(13)14/h3-4,9H,5H2,1-2H3,(H,13,14). The van der Waals surface area contributed by atoms with E-state index in [0.717, 1.165) is 4.68 Å². The molecule has 1 aromatic rings. The minimum atomic E-state index is -1.01. The van der Waals surface area contributed by atoms with Crippen molar-refractivity contribution in [1.29, 1.82) is 5.41 Å². The van der Waals surface area contributed by atoms with Crippen molar-refractivity contribution in [2.24, 2.45) is 0 Å². The lowest BCUT2D eigenvalue weighted by molar-refractivity contribution is -0.138. The number of carbonyl (C=O) groups is 1. The van der Waals surface area contributed by atoms with E-state index in [2.05, 4.69) is 5.10 Å². The Bertz CT molecular complexity index is 397. The fraction of sp³-hybridized carbons (Fsp3) is 0.375. The van der Waals surface area contributed by atoms with Gasteiger partial charge in [0, 0.05) is 14.1 Å². The molecule has 0 fully saturated rings. The number of nitrogens with one attached hydrogen (secondary N) is 1. The average molecular weight is 196 g/mol. The van der Waals surface area contributed by atoms with Gasteiger partial charge in [-0.3, -0.25) is 10.2 Å². The van der Waals surface area contributed by atoms with Crippen LogP contribution in [-0.4, -0.2) is 35.0 Å². The lowest BCUT2D eigenvalue weighted by Gasteiger charge is -2.12. The van der Waals surface area contributed by atoms with Crippen molar-refractivity contribution in [3.8, 4) is 0 Å². The Labute approximate surface area is 80.9 Å². The van der Waals surface area contributed by atoms with Crippen molar-refractivity contribution in [3.05, 3.63) is 17.6 Å². The number of hydrogen-bond acceptors (Lipinski definition) is 4.